The first-order chi connectivity index (χ1) is 12.9. The van der Waals surface area contributed by atoms with E-state index in [1.807, 2.05) is 4.90 Å². The van der Waals surface area contributed by atoms with Gasteiger partial charge in [-0.05, 0) is 18.6 Å². The van der Waals surface area contributed by atoms with E-state index in [0.717, 1.165) is 29.6 Å². The monoisotopic (exact) mass is 390 g/mol. The molecule has 1 aliphatic heterocycles. The van der Waals surface area contributed by atoms with Crippen LogP contribution in [0, 0.1) is 5.82 Å². The van der Waals surface area contributed by atoms with Gasteiger partial charge in [0.05, 0.1) is 12.2 Å². The summed E-state index contributed by atoms with van der Waals surface area (Å²) in [6.45, 7) is 8.58. The second-order valence-corrected chi connectivity index (χ2v) is 8.63. The molecule has 0 aliphatic carbocycles. The van der Waals surface area contributed by atoms with Gasteiger partial charge in [-0.25, -0.2) is 14.4 Å². The molecule has 2 aromatic rings. The van der Waals surface area contributed by atoms with E-state index in [2.05, 4.69) is 46.8 Å². The Labute approximate surface area is 163 Å². The van der Waals surface area contributed by atoms with Gasteiger partial charge in [-0.3, -0.25) is 4.99 Å². The molecular weight excluding hydrogens is 363 g/mol. The summed E-state index contributed by atoms with van der Waals surface area (Å²) in [7, 11) is 1.75. The number of aliphatic imine (C=N–C) groups is 1. The van der Waals surface area contributed by atoms with E-state index in [1.165, 1.54) is 6.07 Å². The Kier molecular flexibility index (Phi) is 5.94. The van der Waals surface area contributed by atoms with Gasteiger partial charge in [0.2, 0.25) is 0 Å². The van der Waals surface area contributed by atoms with Crippen LogP contribution >= 0.6 is 11.3 Å². The van der Waals surface area contributed by atoms with Crippen LogP contribution in [0.5, 0.6) is 0 Å². The number of aromatic nitrogens is 2. The van der Waals surface area contributed by atoms with Gasteiger partial charge in [0.1, 0.15) is 5.01 Å². The van der Waals surface area contributed by atoms with Crippen LogP contribution in [0.3, 0.4) is 0 Å². The second-order valence-electron chi connectivity index (χ2n) is 7.69. The highest BCUT2D eigenvalue weighted by molar-refractivity contribution is 7.09. The highest BCUT2D eigenvalue weighted by Crippen LogP contribution is 2.24. The van der Waals surface area contributed by atoms with Crippen LogP contribution in [0.4, 0.5) is 10.2 Å². The number of pyridine rings is 1. The fourth-order valence-electron chi connectivity index (χ4n) is 2.96. The van der Waals surface area contributed by atoms with Crippen molar-refractivity contribution < 1.29 is 4.39 Å². The number of rotatable bonds is 4. The van der Waals surface area contributed by atoms with Crippen molar-refractivity contribution in [1.82, 2.24) is 20.6 Å². The van der Waals surface area contributed by atoms with Crippen LogP contribution in [0.2, 0.25) is 0 Å². The molecule has 8 heteroatoms. The molecule has 27 heavy (non-hydrogen) atoms. The molecule has 3 heterocycles. The van der Waals surface area contributed by atoms with E-state index in [-0.39, 0.29) is 17.3 Å². The van der Waals surface area contributed by atoms with Gasteiger partial charge in [0.25, 0.3) is 0 Å². The molecule has 2 N–H and O–H groups in total. The predicted octanol–water partition coefficient (Wildman–Crippen LogP) is 2.92. The minimum atomic E-state index is -0.279. The molecule has 1 unspecified atom stereocenters. The number of hydrogen-bond acceptors (Lipinski definition) is 5. The summed E-state index contributed by atoms with van der Waals surface area (Å²) >= 11 is 1.66. The highest BCUT2D eigenvalue weighted by Gasteiger charge is 2.26. The van der Waals surface area contributed by atoms with E-state index >= 15 is 0 Å². The molecule has 0 amide bonds. The molecule has 0 bridgehead atoms. The standard InChI is InChI=1S/C19H27FN6S/c1-19(2,3)15-12-27-16(25-15)10-23-18(21-4)24-13-7-9-26(11-13)17-14(20)6-5-8-22-17/h5-6,8,12-13H,7,9-11H2,1-4H3,(H2,21,23,24). The third kappa shape index (κ3) is 4.94. The number of halogens is 1. The average molecular weight is 391 g/mol. The predicted molar refractivity (Wildman–Crippen MR) is 109 cm³/mol. The molecule has 0 aromatic carbocycles. The molecule has 1 atom stereocenters. The lowest BCUT2D eigenvalue weighted by Gasteiger charge is -2.19. The zero-order chi connectivity index (χ0) is 19.4. The van der Waals surface area contributed by atoms with Gasteiger partial charge in [-0.1, -0.05) is 20.8 Å². The summed E-state index contributed by atoms with van der Waals surface area (Å²) in [6.07, 6.45) is 2.53. The Morgan fingerprint density at radius 1 is 1.44 bits per heavy atom. The van der Waals surface area contributed by atoms with Crippen molar-refractivity contribution in [1.29, 1.82) is 0 Å². The number of nitrogens with one attached hydrogen (secondary N) is 2. The topological polar surface area (TPSA) is 65.4 Å². The SMILES string of the molecule is CN=C(NCc1nc(C(C)(C)C)cs1)NC1CCN(c2ncccc2F)C1. The molecule has 1 saturated heterocycles. The van der Waals surface area contributed by atoms with Crippen molar-refractivity contribution in [2.45, 2.75) is 45.2 Å². The maximum absolute atomic E-state index is 13.9. The zero-order valence-corrected chi connectivity index (χ0v) is 17.1. The lowest BCUT2D eigenvalue weighted by atomic mass is 9.93. The first-order valence-electron chi connectivity index (χ1n) is 9.14. The minimum absolute atomic E-state index is 0.0583. The summed E-state index contributed by atoms with van der Waals surface area (Å²) in [5, 5.41) is 9.89. The summed E-state index contributed by atoms with van der Waals surface area (Å²) < 4.78 is 13.9. The van der Waals surface area contributed by atoms with Crippen molar-refractivity contribution in [2.24, 2.45) is 4.99 Å². The van der Waals surface area contributed by atoms with E-state index in [1.54, 1.807) is 30.6 Å². The molecule has 3 rings (SSSR count). The zero-order valence-electron chi connectivity index (χ0n) is 16.3. The molecule has 1 fully saturated rings. The maximum atomic E-state index is 13.9. The van der Waals surface area contributed by atoms with Crippen LogP contribution in [-0.4, -0.2) is 42.1 Å². The second kappa shape index (κ2) is 8.21. The van der Waals surface area contributed by atoms with Crippen molar-refractivity contribution in [3.63, 3.8) is 0 Å². The Morgan fingerprint density at radius 2 is 2.26 bits per heavy atom. The maximum Gasteiger partial charge on any atom is 0.191 e. The van der Waals surface area contributed by atoms with Crippen molar-refractivity contribution in [3.05, 3.63) is 40.2 Å². The van der Waals surface area contributed by atoms with Gasteiger partial charge < -0.3 is 15.5 Å². The Hall–Kier alpha value is -2.22. The summed E-state index contributed by atoms with van der Waals surface area (Å²) in [6, 6.07) is 3.25. The van der Waals surface area contributed by atoms with Crippen molar-refractivity contribution >= 4 is 23.1 Å². The van der Waals surface area contributed by atoms with E-state index in [9.17, 15) is 4.39 Å². The fourth-order valence-corrected chi connectivity index (χ4v) is 3.92. The van der Waals surface area contributed by atoms with Crippen LogP contribution in [0.25, 0.3) is 0 Å². The molecule has 0 spiro atoms. The first kappa shape index (κ1) is 19.5. The minimum Gasteiger partial charge on any atom is -0.352 e. The molecule has 146 valence electrons. The van der Waals surface area contributed by atoms with Crippen molar-refractivity contribution in [3.8, 4) is 0 Å². The summed E-state index contributed by atoms with van der Waals surface area (Å²) in [4.78, 5) is 15.1. The van der Waals surface area contributed by atoms with E-state index in [4.69, 9.17) is 4.98 Å². The molecular formula is C19H27FN6S. The smallest absolute Gasteiger partial charge is 0.191 e. The van der Waals surface area contributed by atoms with Gasteiger partial charge in [-0.2, -0.15) is 0 Å². The van der Waals surface area contributed by atoms with Gasteiger partial charge in [-0.15, -0.1) is 11.3 Å². The fraction of sp³-hybridized carbons (Fsp3) is 0.526. The molecule has 1 aliphatic rings. The van der Waals surface area contributed by atoms with Gasteiger partial charge in [0, 0.05) is 43.2 Å². The largest absolute Gasteiger partial charge is 0.352 e. The Morgan fingerprint density at radius 3 is 2.93 bits per heavy atom. The van der Waals surface area contributed by atoms with Crippen LogP contribution in [-0.2, 0) is 12.0 Å². The molecule has 0 radical (unpaired) electrons. The van der Waals surface area contributed by atoms with Crippen LogP contribution in [0.15, 0.2) is 28.7 Å². The number of anilines is 1. The Balaban J connectivity index is 1.52. The lowest BCUT2D eigenvalue weighted by Crippen LogP contribution is -2.44. The van der Waals surface area contributed by atoms with Crippen LogP contribution < -0.4 is 15.5 Å². The normalized spacial score (nSPS) is 18.0. The molecule has 6 nitrogen and oxygen atoms in total. The highest BCUT2D eigenvalue weighted by atomic mass is 32.1. The number of hydrogen-bond donors (Lipinski definition) is 2. The number of guanidine groups is 1. The number of nitrogens with zero attached hydrogens (tertiary/aromatic N) is 4. The van der Waals surface area contributed by atoms with Gasteiger partial charge in [0.15, 0.2) is 17.6 Å². The van der Waals surface area contributed by atoms with Crippen LogP contribution in [0.1, 0.15) is 37.9 Å². The van der Waals surface area contributed by atoms with E-state index in [0.29, 0.717) is 18.9 Å². The average Bonchev–Trinajstić information content (AvgIpc) is 3.28. The third-order valence-corrected chi connectivity index (χ3v) is 5.37. The third-order valence-electron chi connectivity index (χ3n) is 4.52. The molecule has 2 aromatic heterocycles. The quantitative estimate of drug-likeness (QED) is 0.621. The number of thiazole rings is 1. The first-order valence-corrected chi connectivity index (χ1v) is 10.0. The summed E-state index contributed by atoms with van der Waals surface area (Å²) in [5.74, 6) is 0.872. The molecule has 0 saturated carbocycles. The van der Waals surface area contributed by atoms with Crippen molar-refractivity contribution in [2.75, 3.05) is 25.0 Å². The van der Waals surface area contributed by atoms with Gasteiger partial charge >= 0.3 is 0 Å². The Bertz CT molecular complexity index is 797. The lowest BCUT2D eigenvalue weighted by molar-refractivity contribution is 0.570. The summed E-state index contributed by atoms with van der Waals surface area (Å²) in [5.41, 5.74) is 1.17. The van der Waals surface area contributed by atoms with E-state index < -0.39 is 0 Å².